The number of hydrogen-bond acceptors (Lipinski definition) is 3. The average molecular weight is 421 g/mol. The number of para-hydroxylation sites is 1. The van der Waals surface area contributed by atoms with E-state index >= 15 is 0 Å². The van der Waals surface area contributed by atoms with Gasteiger partial charge in [0.25, 0.3) is 0 Å². The summed E-state index contributed by atoms with van der Waals surface area (Å²) < 4.78 is 0. The van der Waals surface area contributed by atoms with Gasteiger partial charge >= 0.3 is 0 Å². The Balaban J connectivity index is 1.49. The topological polar surface area (TPSA) is 42.0 Å². The fourth-order valence-electron chi connectivity index (χ4n) is 4.82. The Morgan fingerprint density at radius 3 is 2.31 bits per heavy atom. The number of rotatable bonds is 5. The van der Waals surface area contributed by atoms with Crippen molar-refractivity contribution < 1.29 is 4.79 Å². The lowest BCUT2D eigenvalue weighted by Gasteiger charge is -2.26. The predicted molar refractivity (Wildman–Crippen MR) is 133 cm³/mol. The zero-order chi connectivity index (χ0) is 21.9. The van der Waals surface area contributed by atoms with E-state index in [1.54, 1.807) is 6.20 Å². The van der Waals surface area contributed by atoms with Gasteiger partial charge in [0, 0.05) is 17.3 Å². The number of pyridine rings is 1. The summed E-state index contributed by atoms with van der Waals surface area (Å²) in [5.74, 6) is 1.56. The first kappa shape index (κ1) is 20.4. The van der Waals surface area contributed by atoms with Crippen LogP contribution in [0, 0.1) is 5.92 Å². The van der Waals surface area contributed by atoms with Crippen LogP contribution in [0.1, 0.15) is 54.4 Å². The molecule has 1 aliphatic carbocycles. The van der Waals surface area contributed by atoms with Gasteiger partial charge in [-0.15, -0.1) is 0 Å². The van der Waals surface area contributed by atoms with E-state index in [2.05, 4.69) is 53.6 Å². The molecule has 3 nitrogen and oxygen atoms in total. The lowest BCUT2D eigenvalue weighted by atomic mass is 9.79. The van der Waals surface area contributed by atoms with Crippen molar-refractivity contribution in [3.63, 3.8) is 0 Å². The molecule has 5 rings (SSSR count). The van der Waals surface area contributed by atoms with Gasteiger partial charge in [-0.1, -0.05) is 68.3 Å². The van der Waals surface area contributed by atoms with Gasteiger partial charge in [0.05, 0.1) is 16.8 Å². The summed E-state index contributed by atoms with van der Waals surface area (Å²) >= 11 is 0. The van der Waals surface area contributed by atoms with E-state index in [-0.39, 0.29) is 0 Å². The van der Waals surface area contributed by atoms with E-state index in [0.717, 1.165) is 40.0 Å². The molecular formula is C29H28N2O. The maximum atomic E-state index is 11.7. The number of hydrogen-bond donors (Lipinski definition) is 1. The molecule has 0 amide bonds. The van der Waals surface area contributed by atoms with Gasteiger partial charge in [-0.05, 0) is 65.6 Å². The Morgan fingerprint density at radius 1 is 0.875 bits per heavy atom. The Hall–Kier alpha value is -3.46. The van der Waals surface area contributed by atoms with E-state index in [0.29, 0.717) is 11.5 Å². The average Bonchev–Trinajstić information content (AvgIpc) is 2.85. The minimum Gasteiger partial charge on any atom is -0.354 e. The molecule has 0 radical (unpaired) electrons. The fourth-order valence-corrected chi connectivity index (χ4v) is 4.82. The molecule has 0 bridgehead atoms. The van der Waals surface area contributed by atoms with E-state index in [9.17, 15) is 4.79 Å². The highest BCUT2D eigenvalue weighted by Crippen LogP contribution is 2.37. The molecule has 0 aliphatic heterocycles. The minimum atomic E-state index is 0.556. The monoisotopic (exact) mass is 420 g/mol. The van der Waals surface area contributed by atoms with Gasteiger partial charge in [0.15, 0.2) is 6.29 Å². The van der Waals surface area contributed by atoms with Crippen LogP contribution in [0.15, 0.2) is 79.0 Å². The molecule has 1 saturated carbocycles. The Kier molecular flexibility index (Phi) is 5.72. The largest absolute Gasteiger partial charge is 0.354 e. The summed E-state index contributed by atoms with van der Waals surface area (Å²) in [5, 5.41) is 4.38. The fraction of sp³-hybridized carbons (Fsp3) is 0.241. The number of nitrogens with one attached hydrogen (secondary N) is 1. The molecule has 1 aliphatic rings. The quantitative estimate of drug-likeness (QED) is 0.336. The van der Waals surface area contributed by atoms with Crippen molar-refractivity contribution in [3.05, 3.63) is 90.1 Å². The highest BCUT2D eigenvalue weighted by Gasteiger charge is 2.19. The molecule has 0 saturated heterocycles. The lowest BCUT2D eigenvalue weighted by molar-refractivity contribution is 0.112. The summed E-state index contributed by atoms with van der Waals surface area (Å²) in [5.41, 5.74) is 6.93. The van der Waals surface area contributed by atoms with Crippen molar-refractivity contribution in [2.45, 2.75) is 38.5 Å². The number of carbonyl (C=O) groups is 1. The van der Waals surface area contributed by atoms with Crippen molar-refractivity contribution in [3.8, 4) is 11.1 Å². The summed E-state index contributed by atoms with van der Waals surface area (Å²) in [6, 6.07) is 25.3. The molecule has 0 unspecified atom stereocenters. The number of nitrogens with zero attached hydrogens (tertiary/aromatic N) is 1. The number of carbonyl (C=O) groups excluding carboxylic acids is 1. The van der Waals surface area contributed by atoms with Crippen molar-refractivity contribution in [1.29, 1.82) is 0 Å². The molecule has 0 spiro atoms. The van der Waals surface area contributed by atoms with Gasteiger partial charge < -0.3 is 5.32 Å². The maximum Gasteiger partial charge on any atom is 0.153 e. The molecule has 1 N–H and O–H groups in total. The number of aldehydes is 1. The molecule has 0 atom stereocenters. The van der Waals surface area contributed by atoms with E-state index in [1.165, 1.54) is 36.8 Å². The summed E-state index contributed by atoms with van der Waals surface area (Å²) in [4.78, 5) is 16.2. The minimum absolute atomic E-state index is 0.556. The molecular weight excluding hydrogens is 392 g/mol. The van der Waals surface area contributed by atoms with E-state index in [4.69, 9.17) is 0 Å². The lowest BCUT2D eigenvalue weighted by Crippen LogP contribution is -2.10. The van der Waals surface area contributed by atoms with Gasteiger partial charge in [-0.2, -0.15) is 0 Å². The number of anilines is 2. The molecule has 3 aromatic carbocycles. The van der Waals surface area contributed by atoms with Crippen molar-refractivity contribution in [1.82, 2.24) is 4.98 Å². The van der Waals surface area contributed by atoms with Crippen LogP contribution < -0.4 is 5.32 Å². The molecule has 1 aromatic heterocycles. The van der Waals surface area contributed by atoms with Crippen molar-refractivity contribution >= 4 is 28.6 Å². The third kappa shape index (κ3) is 4.16. The molecule has 160 valence electrons. The second-order valence-corrected chi connectivity index (χ2v) is 9.01. The SMILES string of the molecule is CC1CCC(c2ccc(-c3ccc4ncc(C=O)c(Nc5ccccc5)c4c3)cc2)CC1. The van der Waals surface area contributed by atoms with E-state index < -0.39 is 0 Å². The molecule has 4 aromatic rings. The second-order valence-electron chi connectivity index (χ2n) is 9.01. The van der Waals surface area contributed by atoms with Crippen molar-refractivity contribution in [2.75, 3.05) is 5.32 Å². The normalized spacial score (nSPS) is 18.4. The molecule has 1 heterocycles. The van der Waals surface area contributed by atoms with Crippen LogP contribution in [0.2, 0.25) is 0 Å². The standard InChI is InChI=1S/C29H28N2O/c1-20-7-9-21(10-8-20)22-11-13-23(14-12-22)24-15-16-28-27(17-24)29(25(19-32)18-30-28)31-26-5-3-2-4-6-26/h2-6,11-21H,7-10H2,1H3,(H,30,31). The van der Waals surface area contributed by atoms with Crippen molar-refractivity contribution in [2.24, 2.45) is 5.92 Å². The number of fused-ring (bicyclic) bond motifs is 1. The van der Waals surface area contributed by atoms with Crippen LogP contribution in [0.5, 0.6) is 0 Å². The highest BCUT2D eigenvalue weighted by atomic mass is 16.1. The maximum absolute atomic E-state index is 11.7. The Morgan fingerprint density at radius 2 is 1.59 bits per heavy atom. The van der Waals surface area contributed by atoms with Gasteiger partial charge in [-0.3, -0.25) is 9.78 Å². The summed E-state index contributed by atoms with van der Waals surface area (Å²) in [7, 11) is 0. The van der Waals surface area contributed by atoms with Gasteiger partial charge in [-0.25, -0.2) is 0 Å². The third-order valence-corrected chi connectivity index (χ3v) is 6.80. The third-order valence-electron chi connectivity index (χ3n) is 6.80. The van der Waals surface area contributed by atoms with Gasteiger partial charge in [0.1, 0.15) is 0 Å². The Bertz CT molecular complexity index is 1220. The molecule has 32 heavy (non-hydrogen) atoms. The molecule has 1 fully saturated rings. The van der Waals surface area contributed by atoms with Crippen LogP contribution in [0.4, 0.5) is 11.4 Å². The predicted octanol–water partition coefficient (Wildman–Crippen LogP) is 7.75. The van der Waals surface area contributed by atoms with Crippen LogP contribution in [-0.2, 0) is 0 Å². The molecule has 3 heteroatoms. The summed E-state index contributed by atoms with van der Waals surface area (Å²) in [6.45, 7) is 2.37. The first-order valence-corrected chi connectivity index (χ1v) is 11.5. The first-order valence-electron chi connectivity index (χ1n) is 11.5. The number of aromatic nitrogens is 1. The van der Waals surface area contributed by atoms with E-state index in [1.807, 2.05) is 36.4 Å². The van der Waals surface area contributed by atoms with Gasteiger partial charge in [0.2, 0.25) is 0 Å². The Labute approximate surface area is 189 Å². The smallest absolute Gasteiger partial charge is 0.153 e. The second kappa shape index (κ2) is 8.96. The van der Waals surface area contributed by atoms with Crippen LogP contribution in [-0.4, -0.2) is 11.3 Å². The van der Waals surface area contributed by atoms with Crippen LogP contribution in [0.3, 0.4) is 0 Å². The summed E-state index contributed by atoms with van der Waals surface area (Å²) in [6.07, 6.45) is 7.77. The number of benzene rings is 3. The van der Waals surface area contributed by atoms with Crippen LogP contribution >= 0.6 is 0 Å². The van der Waals surface area contributed by atoms with Crippen LogP contribution in [0.25, 0.3) is 22.0 Å². The highest BCUT2D eigenvalue weighted by molar-refractivity contribution is 6.03. The first-order chi connectivity index (χ1) is 15.7. The zero-order valence-corrected chi connectivity index (χ0v) is 18.4. The zero-order valence-electron chi connectivity index (χ0n) is 18.4.